The number of nitrogens with two attached hydrogens (primary N) is 1. The van der Waals surface area contributed by atoms with Gasteiger partial charge in [0.05, 0.1) is 0 Å². The standard InChI is InChI=1S/C13H18BrN/c1-3-13(4-2)8-9-7-10(14)5-6-11(9)12(13)15/h5-7,12H,3-4,8,15H2,1-2H3. The Bertz CT molecular complexity index is 369. The average molecular weight is 268 g/mol. The van der Waals surface area contributed by atoms with E-state index in [4.69, 9.17) is 5.73 Å². The minimum absolute atomic E-state index is 0.218. The SMILES string of the molecule is CCC1(CC)Cc2cc(Br)ccc2C1N. The smallest absolute Gasteiger partial charge is 0.0357 e. The van der Waals surface area contributed by atoms with Crippen molar-refractivity contribution in [2.75, 3.05) is 0 Å². The fraction of sp³-hybridized carbons (Fsp3) is 0.538. The Morgan fingerprint density at radius 2 is 2.07 bits per heavy atom. The van der Waals surface area contributed by atoms with Gasteiger partial charge in [-0.15, -0.1) is 0 Å². The van der Waals surface area contributed by atoms with Crippen LogP contribution in [-0.4, -0.2) is 0 Å². The quantitative estimate of drug-likeness (QED) is 0.867. The molecule has 0 saturated heterocycles. The van der Waals surface area contributed by atoms with E-state index in [1.807, 2.05) is 0 Å². The molecular weight excluding hydrogens is 250 g/mol. The van der Waals surface area contributed by atoms with Crippen LogP contribution in [0.2, 0.25) is 0 Å². The Kier molecular flexibility index (Phi) is 2.91. The third-order valence-corrected chi connectivity index (χ3v) is 4.54. The summed E-state index contributed by atoms with van der Waals surface area (Å²) < 4.78 is 1.16. The Balaban J connectivity index is 2.44. The molecule has 0 fully saturated rings. The van der Waals surface area contributed by atoms with Crippen molar-refractivity contribution in [1.82, 2.24) is 0 Å². The van der Waals surface area contributed by atoms with Crippen molar-refractivity contribution in [2.24, 2.45) is 11.1 Å². The third-order valence-electron chi connectivity index (χ3n) is 4.05. The highest BCUT2D eigenvalue weighted by Gasteiger charge is 2.41. The summed E-state index contributed by atoms with van der Waals surface area (Å²) in [4.78, 5) is 0. The second kappa shape index (κ2) is 3.91. The van der Waals surface area contributed by atoms with E-state index in [-0.39, 0.29) is 6.04 Å². The lowest BCUT2D eigenvalue weighted by Gasteiger charge is -2.31. The van der Waals surface area contributed by atoms with E-state index < -0.39 is 0 Å². The van der Waals surface area contributed by atoms with Gasteiger partial charge in [0.25, 0.3) is 0 Å². The molecule has 1 nitrogen and oxygen atoms in total. The molecular formula is C13H18BrN. The van der Waals surface area contributed by atoms with E-state index in [1.165, 1.54) is 11.1 Å². The number of rotatable bonds is 2. The topological polar surface area (TPSA) is 26.0 Å². The largest absolute Gasteiger partial charge is 0.323 e. The van der Waals surface area contributed by atoms with E-state index in [2.05, 4.69) is 48.0 Å². The first-order chi connectivity index (χ1) is 7.13. The second-order valence-corrected chi connectivity index (χ2v) is 5.48. The highest BCUT2D eigenvalue weighted by atomic mass is 79.9. The summed E-state index contributed by atoms with van der Waals surface area (Å²) in [7, 11) is 0. The van der Waals surface area contributed by atoms with Crippen LogP contribution < -0.4 is 5.73 Å². The van der Waals surface area contributed by atoms with Gasteiger partial charge in [0, 0.05) is 10.5 Å². The lowest BCUT2D eigenvalue weighted by molar-refractivity contribution is 0.226. The van der Waals surface area contributed by atoms with Gasteiger partial charge in [-0.05, 0) is 47.9 Å². The van der Waals surface area contributed by atoms with E-state index in [9.17, 15) is 0 Å². The van der Waals surface area contributed by atoms with Crippen molar-refractivity contribution in [3.8, 4) is 0 Å². The third kappa shape index (κ3) is 1.64. The zero-order valence-corrected chi connectivity index (χ0v) is 11.0. The normalized spacial score (nSPS) is 22.8. The van der Waals surface area contributed by atoms with Crippen LogP contribution in [-0.2, 0) is 6.42 Å². The molecule has 1 atom stereocenters. The van der Waals surface area contributed by atoms with Gasteiger partial charge in [0.1, 0.15) is 0 Å². The zero-order chi connectivity index (χ0) is 11.1. The van der Waals surface area contributed by atoms with Crippen LogP contribution in [0.15, 0.2) is 22.7 Å². The van der Waals surface area contributed by atoms with Gasteiger partial charge >= 0.3 is 0 Å². The first-order valence-electron chi connectivity index (χ1n) is 5.67. The van der Waals surface area contributed by atoms with Crippen LogP contribution in [0, 0.1) is 5.41 Å². The van der Waals surface area contributed by atoms with Crippen molar-refractivity contribution in [3.63, 3.8) is 0 Å². The minimum Gasteiger partial charge on any atom is -0.323 e. The molecule has 2 N–H and O–H groups in total. The van der Waals surface area contributed by atoms with Gasteiger partial charge < -0.3 is 5.73 Å². The van der Waals surface area contributed by atoms with Crippen LogP contribution >= 0.6 is 15.9 Å². The van der Waals surface area contributed by atoms with Gasteiger partial charge in [0.2, 0.25) is 0 Å². The molecule has 15 heavy (non-hydrogen) atoms. The number of benzene rings is 1. The fourth-order valence-corrected chi connectivity index (χ4v) is 3.20. The van der Waals surface area contributed by atoms with Crippen molar-refractivity contribution in [2.45, 2.75) is 39.2 Å². The molecule has 0 aliphatic heterocycles. The summed E-state index contributed by atoms with van der Waals surface area (Å²) in [6.07, 6.45) is 3.46. The van der Waals surface area contributed by atoms with Crippen molar-refractivity contribution in [3.05, 3.63) is 33.8 Å². The lowest BCUT2D eigenvalue weighted by Crippen LogP contribution is -2.30. The fourth-order valence-electron chi connectivity index (χ4n) is 2.79. The van der Waals surface area contributed by atoms with E-state index >= 15 is 0 Å². The molecule has 0 radical (unpaired) electrons. The first kappa shape index (κ1) is 11.2. The maximum Gasteiger partial charge on any atom is 0.0357 e. The van der Waals surface area contributed by atoms with Crippen molar-refractivity contribution in [1.29, 1.82) is 0 Å². The summed E-state index contributed by atoms with van der Waals surface area (Å²) in [6.45, 7) is 4.51. The first-order valence-corrected chi connectivity index (χ1v) is 6.46. The maximum atomic E-state index is 6.38. The van der Waals surface area contributed by atoms with E-state index in [1.54, 1.807) is 0 Å². The highest BCUT2D eigenvalue weighted by Crippen LogP contribution is 2.49. The van der Waals surface area contributed by atoms with Gasteiger partial charge in [0.15, 0.2) is 0 Å². The predicted octanol–water partition coefficient (Wildman–Crippen LogP) is 3.81. The molecule has 0 heterocycles. The molecule has 1 unspecified atom stereocenters. The molecule has 1 aliphatic rings. The average Bonchev–Trinajstić information content (AvgIpc) is 2.52. The van der Waals surface area contributed by atoms with Gasteiger partial charge in [-0.2, -0.15) is 0 Å². The summed E-state index contributed by atoms with van der Waals surface area (Å²) in [6, 6.07) is 6.72. The van der Waals surface area contributed by atoms with Gasteiger partial charge in [-0.25, -0.2) is 0 Å². The molecule has 0 aromatic heterocycles. The van der Waals surface area contributed by atoms with Crippen molar-refractivity contribution < 1.29 is 0 Å². The Morgan fingerprint density at radius 3 is 2.67 bits per heavy atom. The van der Waals surface area contributed by atoms with Gasteiger partial charge in [-0.3, -0.25) is 0 Å². The maximum absolute atomic E-state index is 6.38. The summed E-state index contributed by atoms with van der Waals surface area (Å²) in [5.74, 6) is 0. The molecule has 1 aromatic carbocycles. The highest BCUT2D eigenvalue weighted by molar-refractivity contribution is 9.10. The number of hydrogen-bond acceptors (Lipinski definition) is 1. The molecule has 1 aliphatic carbocycles. The summed E-state index contributed by atoms with van der Waals surface area (Å²) in [5.41, 5.74) is 9.46. The van der Waals surface area contributed by atoms with Crippen LogP contribution in [0.5, 0.6) is 0 Å². The van der Waals surface area contributed by atoms with Crippen LogP contribution in [0.3, 0.4) is 0 Å². The second-order valence-electron chi connectivity index (χ2n) is 4.57. The monoisotopic (exact) mass is 267 g/mol. The Hall–Kier alpha value is -0.340. The summed E-state index contributed by atoms with van der Waals surface area (Å²) >= 11 is 3.53. The van der Waals surface area contributed by atoms with E-state index in [0.717, 1.165) is 23.7 Å². The number of halogens is 1. The van der Waals surface area contributed by atoms with Gasteiger partial charge in [-0.1, -0.05) is 35.8 Å². The van der Waals surface area contributed by atoms with Crippen LogP contribution in [0.1, 0.15) is 43.9 Å². The molecule has 0 amide bonds. The minimum atomic E-state index is 0.218. The zero-order valence-electron chi connectivity index (χ0n) is 9.39. The van der Waals surface area contributed by atoms with Crippen LogP contribution in [0.25, 0.3) is 0 Å². The molecule has 1 aromatic rings. The Labute approximate surface area is 100 Å². The molecule has 0 saturated carbocycles. The number of hydrogen-bond donors (Lipinski definition) is 1. The molecule has 2 rings (SSSR count). The lowest BCUT2D eigenvalue weighted by atomic mass is 9.76. The Morgan fingerprint density at radius 1 is 1.40 bits per heavy atom. The molecule has 2 heteroatoms. The molecule has 0 spiro atoms. The van der Waals surface area contributed by atoms with Crippen molar-refractivity contribution >= 4 is 15.9 Å². The molecule has 82 valence electrons. The summed E-state index contributed by atoms with van der Waals surface area (Å²) in [5, 5.41) is 0. The predicted molar refractivity (Wildman–Crippen MR) is 67.8 cm³/mol. The van der Waals surface area contributed by atoms with E-state index in [0.29, 0.717) is 5.41 Å². The van der Waals surface area contributed by atoms with Crippen LogP contribution in [0.4, 0.5) is 0 Å². The molecule has 0 bridgehead atoms. The number of fused-ring (bicyclic) bond motifs is 1.